The predicted octanol–water partition coefficient (Wildman–Crippen LogP) is -1.86. The molecule has 3 amide bonds. The Morgan fingerprint density at radius 3 is 2.94 bits per heavy atom. The molecule has 1 atom stereocenters. The van der Waals surface area contributed by atoms with Crippen molar-refractivity contribution in [2.75, 3.05) is 0 Å². The van der Waals surface area contributed by atoms with Crippen LogP contribution in [0.2, 0.25) is 0 Å². The van der Waals surface area contributed by atoms with E-state index >= 15 is 0 Å². The summed E-state index contributed by atoms with van der Waals surface area (Å²) in [5.41, 5.74) is 0.314. The molecule has 1 fully saturated rings. The Bertz CT molecular complexity index is 483. The zero-order chi connectivity index (χ0) is 12.4. The van der Waals surface area contributed by atoms with Gasteiger partial charge >= 0.3 is 12.2 Å². The van der Waals surface area contributed by atoms with Crippen molar-refractivity contribution in [2.45, 2.75) is 12.5 Å². The van der Waals surface area contributed by atoms with Crippen molar-refractivity contribution in [2.24, 2.45) is 0 Å². The molecule has 10 nitrogen and oxygen atoms in total. The third kappa shape index (κ3) is 2.48. The summed E-state index contributed by atoms with van der Waals surface area (Å²) in [6, 6.07) is -1.31. The van der Waals surface area contributed by atoms with Gasteiger partial charge < -0.3 is 10.4 Å². The molecule has 0 saturated carbocycles. The zero-order valence-electron chi connectivity index (χ0n) is 8.28. The molecule has 2 heterocycles. The first-order valence-electron chi connectivity index (χ1n) is 4.48. The molecule has 0 aliphatic carbocycles. The first-order chi connectivity index (χ1) is 8.04. The average Bonchev–Trinajstić information content (AvgIpc) is 2.74. The lowest BCUT2D eigenvalue weighted by Crippen LogP contribution is -2.31. The highest BCUT2D eigenvalue weighted by atomic mass is 16.8. The van der Waals surface area contributed by atoms with Gasteiger partial charge in [-0.2, -0.15) is 0 Å². The molecule has 0 spiro atoms. The molecule has 10 heteroatoms. The fourth-order valence-corrected chi connectivity index (χ4v) is 1.31. The quantitative estimate of drug-likeness (QED) is 0.416. The minimum Gasteiger partial charge on any atom is -0.448 e. The van der Waals surface area contributed by atoms with Crippen molar-refractivity contribution < 1.29 is 24.3 Å². The Morgan fingerprint density at radius 2 is 2.35 bits per heavy atom. The van der Waals surface area contributed by atoms with Crippen molar-refractivity contribution in [3.05, 3.63) is 11.9 Å². The molecule has 1 saturated heterocycles. The second-order valence-corrected chi connectivity index (χ2v) is 3.19. The van der Waals surface area contributed by atoms with Gasteiger partial charge in [0, 0.05) is 6.42 Å². The van der Waals surface area contributed by atoms with Crippen molar-refractivity contribution in [1.82, 2.24) is 25.8 Å². The molecule has 0 bridgehead atoms. The van der Waals surface area contributed by atoms with Crippen LogP contribution in [-0.4, -0.2) is 44.4 Å². The van der Waals surface area contributed by atoms with E-state index < -0.39 is 24.1 Å². The molecule has 90 valence electrons. The Kier molecular flexibility index (Phi) is 2.60. The molecule has 0 aromatic carbocycles. The number of carbonyl (C=O) groups excluding carboxylic acids is 2. The lowest BCUT2D eigenvalue weighted by atomic mass is 10.2. The Balaban J connectivity index is 1.99. The number of amides is 3. The lowest BCUT2D eigenvalue weighted by molar-refractivity contribution is -0.120. The van der Waals surface area contributed by atoms with E-state index in [1.165, 1.54) is 6.20 Å². The molecular formula is C7H7N5O5. The summed E-state index contributed by atoms with van der Waals surface area (Å²) in [7, 11) is 0. The summed E-state index contributed by atoms with van der Waals surface area (Å²) in [5, 5.41) is 19.7. The molecule has 1 aliphatic rings. The van der Waals surface area contributed by atoms with E-state index in [1.807, 2.05) is 0 Å². The molecule has 0 unspecified atom stereocenters. The fourth-order valence-electron chi connectivity index (χ4n) is 1.31. The number of nitrogens with zero attached hydrogens (tertiary/aromatic N) is 3. The Hall–Kier alpha value is -2.65. The number of imide groups is 1. The van der Waals surface area contributed by atoms with Gasteiger partial charge in [-0.1, -0.05) is 4.85 Å². The smallest absolute Gasteiger partial charge is 0.448 e. The maximum Gasteiger partial charge on any atom is 0.532 e. The minimum atomic E-state index is -1.53. The Labute approximate surface area is 93.5 Å². The lowest BCUT2D eigenvalue weighted by Gasteiger charge is -2.02. The summed E-state index contributed by atoms with van der Waals surface area (Å²) in [6.45, 7) is 0. The molecule has 3 N–H and O–H groups in total. The minimum absolute atomic E-state index is 0.0978. The van der Waals surface area contributed by atoms with Gasteiger partial charge in [-0.15, -0.1) is 5.10 Å². The second-order valence-electron chi connectivity index (χ2n) is 3.19. The second kappa shape index (κ2) is 4.08. The van der Waals surface area contributed by atoms with Crippen molar-refractivity contribution >= 4 is 18.1 Å². The molecule has 2 rings (SSSR count). The summed E-state index contributed by atoms with van der Waals surface area (Å²) in [5.74, 6) is -0.469. The van der Waals surface area contributed by atoms with Crippen molar-refractivity contribution in [3.8, 4) is 0 Å². The van der Waals surface area contributed by atoms with Crippen LogP contribution in [0.25, 0.3) is 0 Å². The van der Waals surface area contributed by atoms with E-state index in [2.05, 4.69) is 25.8 Å². The van der Waals surface area contributed by atoms with Crippen LogP contribution >= 0.6 is 0 Å². The van der Waals surface area contributed by atoms with Gasteiger partial charge in [0.05, 0.1) is 11.9 Å². The highest BCUT2D eigenvalue weighted by Crippen LogP contribution is 2.02. The van der Waals surface area contributed by atoms with Crippen LogP contribution in [0.5, 0.6) is 0 Å². The van der Waals surface area contributed by atoms with E-state index in [0.29, 0.717) is 10.5 Å². The highest BCUT2D eigenvalue weighted by Gasteiger charge is 2.30. The highest BCUT2D eigenvalue weighted by molar-refractivity contribution is 6.04. The van der Waals surface area contributed by atoms with Gasteiger partial charge in [0.2, 0.25) is 0 Å². The maximum absolute atomic E-state index is 11.2. The van der Waals surface area contributed by atoms with Gasteiger partial charge in [-0.3, -0.25) is 14.9 Å². The summed E-state index contributed by atoms with van der Waals surface area (Å²) < 4.78 is 0. The fraction of sp³-hybridized carbons (Fsp3) is 0.286. The SMILES string of the molecule is O=C1NC(=O)[C@@H](Cc2cn(OC(=O)O)nn2)N1. The van der Waals surface area contributed by atoms with E-state index in [4.69, 9.17) is 5.11 Å². The first-order valence-corrected chi connectivity index (χ1v) is 4.48. The van der Waals surface area contributed by atoms with Crippen LogP contribution in [-0.2, 0) is 11.2 Å². The standard InChI is InChI=1S/C7H7N5O5/c13-5-4(8-6(14)9-5)1-3-2-12(11-10-3)17-7(15)16/h2,4H,1H2,(H,15,16)(H2,8,9,13,14)/t4-/m1/s1. The first kappa shape index (κ1) is 10.9. The summed E-state index contributed by atoms with van der Waals surface area (Å²) >= 11 is 0. The molecule has 0 radical (unpaired) electrons. The van der Waals surface area contributed by atoms with Gasteiger partial charge in [-0.05, 0) is 5.21 Å². The number of hydrogen-bond donors (Lipinski definition) is 3. The number of nitrogens with one attached hydrogen (secondary N) is 2. The topological polar surface area (TPSA) is 135 Å². The molecular weight excluding hydrogens is 234 g/mol. The number of carbonyl (C=O) groups is 3. The molecule has 1 aromatic heterocycles. The molecule has 17 heavy (non-hydrogen) atoms. The monoisotopic (exact) mass is 241 g/mol. The van der Waals surface area contributed by atoms with Crippen molar-refractivity contribution in [1.29, 1.82) is 0 Å². The van der Waals surface area contributed by atoms with E-state index in [0.717, 1.165) is 0 Å². The third-order valence-corrected chi connectivity index (χ3v) is 1.96. The van der Waals surface area contributed by atoms with Crippen LogP contribution in [0, 0.1) is 0 Å². The van der Waals surface area contributed by atoms with E-state index in [9.17, 15) is 14.4 Å². The number of urea groups is 1. The van der Waals surface area contributed by atoms with Crippen LogP contribution in [0.1, 0.15) is 5.69 Å². The Morgan fingerprint density at radius 1 is 1.59 bits per heavy atom. The van der Waals surface area contributed by atoms with Gasteiger partial charge in [0.1, 0.15) is 6.04 Å². The van der Waals surface area contributed by atoms with Crippen LogP contribution < -0.4 is 15.5 Å². The third-order valence-electron chi connectivity index (χ3n) is 1.96. The number of carboxylic acid groups (broad SMARTS) is 1. The van der Waals surface area contributed by atoms with Crippen LogP contribution in [0.4, 0.5) is 9.59 Å². The van der Waals surface area contributed by atoms with Crippen molar-refractivity contribution in [3.63, 3.8) is 0 Å². The average molecular weight is 241 g/mol. The zero-order valence-corrected chi connectivity index (χ0v) is 8.28. The largest absolute Gasteiger partial charge is 0.532 e. The van der Waals surface area contributed by atoms with Gasteiger partial charge in [0.25, 0.3) is 5.91 Å². The van der Waals surface area contributed by atoms with Crippen LogP contribution in [0.15, 0.2) is 6.20 Å². The molecule has 1 aliphatic heterocycles. The van der Waals surface area contributed by atoms with Gasteiger partial charge in [0.15, 0.2) is 0 Å². The van der Waals surface area contributed by atoms with E-state index in [-0.39, 0.29) is 6.42 Å². The number of hydrogen-bond acceptors (Lipinski definition) is 6. The number of rotatable bonds is 3. The summed E-state index contributed by atoms with van der Waals surface area (Å²) in [4.78, 5) is 37.0. The predicted molar refractivity (Wildman–Crippen MR) is 48.8 cm³/mol. The maximum atomic E-state index is 11.2. The van der Waals surface area contributed by atoms with E-state index in [1.54, 1.807) is 0 Å². The van der Waals surface area contributed by atoms with Gasteiger partial charge in [-0.25, -0.2) is 9.59 Å². The molecule has 1 aromatic rings. The number of aromatic nitrogens is 3. The normalized spacial score (nSPS) is 18.7. The van der Waals surface area contributed by atoms with Crippen LogP contribution in [0.3, 0.4) is 0 Å². The summed E-state index contributed by atoms with van der Waals surface area (Å²) in [6.07, 6.45) is -0.236.